The molecular weight excluding hydrogens is 190 g/mol. The van der Waals surface area contributed by atoms with Crippen LogP contribution in [0.15, 0.2) is 0 Å². The van der Waals surface area contributed by atoms with Crippen LogP contribution < -0.4 is 10.6 Å². The summed E-state index contributed by atoms with van der Waals surface area (Å²) in [6.45, 7) is 5.09. The molecule has 1 rings (SSSR count). The first kappa shape index (κ1) is 12.5. The van der Waals surface area contributed by atoms with Gasteiger partial charge in [0.25, 0.3) is 0 Å². The third-order valence-electron chi connectivity index (χ3n) is 2.92. The van der Waals surface area contributed by atoms with Crippen molar-refractivity contribution in [2.45, 2.75) is 25.8 Å². The number of likely N-dealkylation sites (N-methyl/N-ethyl adjacent to an activating group) is 1. The Morgan fingerprint density at radius 1 is 1.60 bits per heavy atom. The molecule has 15 heavy (non-hydrogen) atoms. The van der Waals surface area contributed by atoms with E-state index in [0.29, 0.717) is 5.92 Å². The van der Waals surface area contributed by atoms with Crippen molar-refractivity contribution in [3.8, 4) is 0 Å². The molecule has 0 bridgehead atoms. The van der Waals surface area contributed by atoms with Crippen LogP contribution in [0, 0.1) is 5.92 Å². The van der Waals surface area contributed by atoms with Crippen molar-refractivity contribution in [1.82, 2.24) is 15.5 Å². The average Bonchev–Trinajstić information content (AvgIpc) is 2.26. The summed E-state index contributed by atoms with van der Waals surface area (Å²) in [5.41, 5.74) is 0. The van der Waals surface area contributed by atoms with E-state index in [0.717, 1.165) is 19.6 Å². The molecule has 4 nitrogen and oxygen atoms in total. The lowest BCUT2D eigenvalue weighted by Gasteiger charge is -2.25. The number of amides is 1. The lowest BCUT2D eigenvalue weighted by atomic mass is 9.99. The summed E-state index contributed by atoms with van der Waals surface area (Å²) in [6, 6.07) is -0.0677. The first-order chi connectivity index (χ1) is 7.11. The molecule has 1 aliphatic heterocycles. The van der Waals surface area contributed by atoms with Gasteiger partial charge in [-0.15, -0.1) is 0 Å². The van der Waals surface area contributed by atoms with Gasteiger partial charge < -0.3 is 15.5 Å². The lowest BCUT2D eigenvalue weighted by Crippen LogP contribution is -2.45. The number of rotatable bonds is 4. The molecule has 0 saturated carbocycles. The van der Waals surface area contributed by atoms with E-state index in [-0.39, 0.29) is 11.9 Å². The summed E-state index contributed by atoms with van der Waals surface area (Å²) >= 11 is 0. The molecule has 0 spiro atoms. The summed E-state index contributed by atoms with van der Waals surface area (Å²) in [6.07, 6.45) is 2.52. The normalized spacial score (nSPS) is 23.5. The number of carbonyl (C=O) groups is 1. The second kappa shape index (κ2) is 6.08. The number of hydrogen-bond donors (Lipinski definition) is 2. The molecule has 0 aliphatic carbocycles. The Morgan fingerprint density at radius 3 is 2.87 bits per heavy atom. The van der Waals surface area contributed by atoms with Gasteiger partial charge in [0.05, 0.1) is 6.04 Å². The van der Waals surface area contributed by atoms with Gasteiger partial charge in [-0.3, -0.25) is 4.79 Å². The van der Waals surface area contributed by atoms with Gasteiger partial charge in [-0.05, 0) is 45.3 Å². The summed E-state index contributed by atoms with van der Waals surface area (Å²) < 4.78 is 0. The fourth-order valence-electron chi connectivity index (χ4n) is 1.92. The van der Waals surface area contributed by atoms with Gasteiger partial charge in [0, 0.05) is 14.1 Å². The zero-order valence-electron chi connectivity index (χ0n) is 10.0. The molecule has 4 heteroatoms. The molecule has 0 aromatic rings. The molecule has 1 heterocycles. The molecule has 2 atom stereocenters. The van der Waals surface area contributed by atoms with Gasteiger partial charge in [0.1, 0.15) is 0 Å². The van der Waals surface area contributed by atoms with E-state index in [9.17, 15) is 4.79 Å². The Hall–Kier alpha value is -0.610. The molecule has 0 aromatic heterocycles. The zero-order valence-corrected chi connectivity index (χ0v) is 10.0. The Labute approximate surface area is 92.4 Å². The highest BCUT2D eigenvalue weighted by atomic mass is 16.2. The van der Waals surface area contributed by atoms with Gasteiger partial charge in [0.15, 0.2) is 0 Å². The van der Waals surface area contributed by atoms with E-state index in [1.54, 1.807) is 19.0 Å². The number of nitrogens with zero attached hydrogens (tertiary/aromatic N) is 1. The van der Waals surface area contributed by atoms with E-state index >= 15 is 0 Å². The van der Waals surface area contributed by atoms with Crippen LogP contribution >= 0.6 is 0 Å². The summed E-state index contributed by atoms with van der Waals surface area (Å²) in [7, 11) is 3.59. The fraction of sp³-hybridized carbons (Fsp3) is 0.909. The third kappa shape index (κ3) is 4.18. The van der Waals surface area contributed by atoms with Crippen LogP contribution in [0.2, 0.25) is 0 Å². The smallest absolute Gasteiger partial charge is 0.238 e. The minimum absolute atomic E-state index is 0.0677. The topological polar surface area (TPSA) is 44.4 Å². The predicted octanol–water partition coefficient (Wildman–Crippen LogP) is 0.0523. The SMILES string of the molecule is CC(NCC1CCCNC1)C(=O)N(C)C. The number of nitrogens with one attached hydrogen (secondary N) is 2. The molecule has 0 aromatic carbocycles. The maximum atomic E-state index is 11.6. The second-order valence-corrected chi connectivity index (χ2v) is 4.57. The first-order valence-electron chi connectivity index (χ1n) is 5.76. The minimum Gasteiger partial charge on any atom is -0.347 e. The molecule has 2 unspecified atom stereocenters. The molecule has 1 amide bonds. The molecule has 1 saturated heterocycles. The largest absolute Gasteiger partial charge is 0.347 e. The van der Waals surface area contributed by atoms with Gasteiger partial charge in [-0.2, -0.15) is 0 Å². The van der Waals surface area contributed by atoms with Crippen molar-refractivity contribution in [2.75, 3.05) is 33.7 Å². The van der Waals surface area contributed by atoms with E-state index < -0.39 is 0 Å². The van der Waals surface area contributed by atoms with Crippen molar-refractivity contribution in [1.29, 1.82) is 0 Å². The zero-order chi connectivity index (χ0) is 11.3. The van der Waals surface area contributed by atoms with Crippen molar-refractivity contribution in [3.63, 3.8) is 0 Å². The summed E-state index contributed by atoms with van der Waals surface area (Å²) in [5.74, 6) is 0.829. The Bertz CT molecular complexity index is 200. The molecule has 2 N–H and O–H groups in total. The Balaban J connectivity index is 2.20. The predicted molar refractivity (Wildman–Crippen MR) is 61.8 cm³/mol. The molecule has 88 valence electrons. The lowest BCUT2D eigenvalue weighted by molar-refractivity contribution is -0.130. The highest BCUT2D eigenvalue weighted by Gasteiger charge is 2.17. The van der Waals surface area contributed by atoms with Crippen molar-refractivity contribution in [2.24, 2.45) is 5.92 Å². The van der Waals surface area contributed by atoms with Crippen LogP contribution in [0.5, 0.6) is 0 Å². The van der Waals surface area contributed by atoms with Gasteiger partial charge >= 0.3 is 0 Å². The van der Waals surface area contributed by atoms with Crippen molar-refractivity contribution in [3.05, 3.63) is 0 Å². The highest BCUT2D eigenvalue weighted by Crippen LogP contribution is 2.08. The highest BCUT2D eigenvalue weighted by molar-refractivity contribution is 5.80. The van der Waals surface area contributed by atoms with E-state index in [1.165, 1.54) is 12.8 Å². The van der Waals surface area contributed by atoms with E-state index in [4.69, 9.17) is 0 Å². The number of piperidine rings is 1. The monoisotopic (exact) mass is 213 g/mol. The maximum Gasteiger partial charge on any atom is 0.238 e. The van der Waals surface area contributed by atoms with Crippen LogP contribution in [0.3, 0.4) is 0 Å². The average molecular weight is 213 g/mol. The fourth-order valence-corrected chi connectivity index (χ4v) is 1.92. The molecule has 1 fully saturated rings. The van der Waals surface area contributed by atoms with Crippen LogP contribution in [0.1, 0.15) is 19.8 Å². The van der Waals surface area contributed by atoms with Gasteiger partial charge in [-0.1, -0.05) is 0 Å². The number of hydrogen-bond acceptors (Lipinski definition) is 3. The molecule has 1 aliphatic rings. The standard InChI is InChI=1S/C11H23N3O/c1-9(11(15)14(2)3)13-8-10-5-4-6-12-7-10/h9-10,12-13H,4-8H2,1-3H3. The van der Waals surface area contributed by atoms with E-state index in [1.807, 2.05) is 6.92 Å². The summed E-state index contributed by atoms with van der Waals surface area (Å²) in [5, 5.41) is 6.68. The minimum atomic E-state index is -0.0677. The van der Waals surface area contributed by atoms with Crippen LogP contribution in [0.25, 0.3) is 0 Å². The number of carbonyl (C=O) groups excluding carboxylic acids is 1. The van der Waals surface area contributed by atoms with Crippen molar-refractivity contribution >= 4 is 5.91 Å². The first-order valence-corrected chi connectivity index (χ1v) is 5.76. The van der Waals surface area contributed by atoms with Crippen molar-refractivity contribution < 1.29 is 4.79 Å². The van der Waals surface area contributed by atoms with Gasteiger partial charge in [0.2, 0.25) is 5.91 Å². The Kier molecular flexibility index (Phi) is 5.05. The van der Waals surface area contributed by atoms with Gasteiger partial charge in [-0.25, -0.2) is 0 Å². The van der Waals surface area contributed by atoms with E-state index in [2.05, 4.69) is 10.6 Å². The third-order valence-corrected chi connectivity index (χ3v) is 2.92. The molecular formula is C11H23N3O. The summed E-state index contributed by atoms with van der Waals surface area (Å²) in [4.78, 5) is 13.2. The molecule has 0 radical (unpaired) electrons. The quantitative estimate of drug-likeness (QED) is 0.694. The van der Waals surface area contributed by atoms with Crippen LogP contribution in [0.4, 0.5) is 0 Å². The van der Waals surface area contributed by atoms with Crippen LogP contribution in [-0.4, -0.2) is 50.6 Å². The van der Waals surface area contributed by atoms with Crippen LogP contribution in [-0.2, 0) is 4.79 Å². The maximum absolute atomic E-state index is 11.6. The Morgan fingerprint density at radius 2 is 2.33 bits per heavy atom. The second-order valence-electron chi connectivity index (χ2n) is 4.57.